The molecule has 0 unspecified atom stereocenters. The van der Waals surface area contributed by atoms with Crippen LogP contribution in [0, 0.1) is 0 Å². The van der Waals surface area contributed by atoms with Crippen molar-refractivity contribution < 1.29 is 14.2 Å². The van der Waals surface area contributed by atoms with Gasteiger partial charge < -0.3 is 25.3 Å². The van der Waals surface area contributed by atoms with E-state index in [9.17, 15) is 0 Å². The second kappa shape index (κ2) is 11.6. The number of nitrogens with zero attached hydrogens (tertiary/aromatic N) is 1. The van der Waals surface area contributed by atoms with Crippen molar-refractivity contribution in [2.75, 3.05) is 40.5 Å². The molecule has 1 aromatic rings. The highest BCUT2D eigenvalue weighted by molar-refractivity contribution is 5.77. The van der Waals surface area contributed by atoms with Gasteiger partial charge in [0.15, 0.2) is 17.5 Å². The number of aliphatic imine (C=N–C) groups is 1. The molecule has 23 heavy (non-hydrogen) atoms. The van der Waals surface area contributed by atoms with E-state index in [1.54, 1.807) is 14.2 Å². The van der Waals surface area contributed by atoms with E-state index in [0.717, 1.165) is 50.5 Å². The van der Waals surface area contributed by atoms with Gasteiger partial charge in [-0.3, -0.25) is 4.99 Å². The van der Waals surface area contributed by atoms with Crippen molar-refractivity contribution in [3.05, 3.63) is 23.8 Å². The maximum Gasteiger partial charge on any atom is 0.188 e. The van der Waals surface area contributed by atoms with Gasteiger partial charge in [-0.1, -0.05) is 6.07 Å². The van der Waals surface area contributed by atoms with Gasteiger partial charge in [0.2, 0.25) is 0 Å². The number of rotatable bonds is 11. The van der Waals surface area contributed by atoms with Gasteiger partial charge in [0.05, 0.1) is 14.2 Å². The minimum atomic E-state index is 0.494. The maximum absolute atomic E-state index is 5.81. The molecule has 0 amide bonds. The van der Waals surface area contributed by atoms with Crippen LogP contribution in [0.4, 0.5) is 0 Å². The molecule has 0 atom stereocenters. The molecule has 6 heteroatoms. The molecule has 0 aliphatic heterocycles. The van der Waals surface area contributed by atoms with Gasteiger partial charge in [0.1, 0.15) is 0 Å². The SMILES string of the molecule is CCOCCCNC(N)=NCCCc1ccc(OC)c(OC)c1. The molecule has 3 N–H and O–H groups in total. The largest absolute Gasteiger partial charge is 0.493 e. The first-order valence-electron chi connectivity index (χ1n) is 8.03. The van der Waals surface area contributed by atoms with Crippen LogP contribution in [0.3, 0.4) is 0 Å². The molecule has 1 rings (SSSR count). The van der Waals surface area contributed by atoms with E-state index in [-0.39, 0.29) is 0 Å². The van der Waals surface area contributed by atoms with E-state index in [4.69, 9.17) is 19.9 Å². The fraction of sp³-hybridized carbons (Fsp3) is 0.588. The first kappa shape index (κ1) is 19.1. The Bertz CT molecular complexity index is 478. The predicted octanol–water partition coefficient (Wildman–Crippen LogP) is 1.97. The third kappa shape index (κ3) is 7.74. The Hall–Kier alpha value is -1.95. The second-order valence-corrected chi connectivity index (χ2v) is 5.04. The highest BCUT2D eigenvalue weighted by atomic mass is 16.5. The number of nitrogens with two attached hydrogens (primary N) is 1. The van der Waals surface area contributed by atoms with Crippen LogP contribution in [-0.4, -0.2) is 46.5 Å². The number of benzene rings is 1. The number of nitrogens with one attached hydrogen (secondary N) is 1. The standard InChI is InChI=1S/C17H29N3O3/c1-4-23-12-6-11-20-17(18)19-10-5-7-14-8-9-15(21-2)16(13-14)22-3/h8-9,13H,4-7,10-12H2,1-3H3,(H3,18,19,20). The summed E-state index contributed by atoms with van der Waals surface area (Å²) < 4.78 is 15.8. The van der Waals surface area contributed by atoms with Crippen LogP contribution in [0.25, 0.3) is 0 Å². The molecule has 0 aromatic heterocycles. The van der Waals surface area contributed by atoms with Crippen LogP contribution in [0.1, 0.15) is 25.3 Å². The smallest absolute Gasteiger partial charge is 0.188 e. The molecular weight excluding hydrogens is 294 g/mol. The Morgan fingerprint density at radius 2 is 1.96 bits per heavy atom. The zero-order valence-corrected chi connectivity index (χ0v) is 14.4. The number of hydrogen-bond acceptors (Lipinski definition) is 4. The minimum Gasteiger partial charge on any atom is -0.493 e. The molecule has 0 bridgehead atoms. The molecule has 0 fully saturated rings. The Morgan fingerprint density at radius 3 is 2.65 bits per heavy atom. The van der Waals surface area contributed by atoms with Crippen LogP contribution in [-0.2, 0) is 11.2 Å². The molecule has 6 nitrogen and oxygen atoms in total. The monoisotopic (exact) mass is 323 g/mol. The molecule has 0 radical (unpaired) electrons. The summed E-state index contributed by atoms with van der Waals surface area (Å²) in [6.45, 7) is 4.96. The summed E-state index contributed by atoms with van der Waals surface area (Å²) in [7, 11) is 3.28. The third-order valence-electron chi connectivity index (χ3n) is 3.33. The summed E-state index contributed by atoms with van der Waals surface area (Å²) in [5, 5.41) is 3.08. The Kier molecular flexibility index (Phi) is 9.63. The van der Waals surface area contributed by atoms with Crippen LogP contribution >= 0.6 is 0 Å². The Balaban J connectivity index is 2.26. The van der Waals surface area contributed by atoms with Crippen molar-refractivity contribution in [3.8, 4) is 11.5 Å². The third-order valence-corrected chi connectivity index (χ3v) is 3.33. The lowest BCUT2D eigenvalue weighted by Crippen LogP contribution is -2.33. The topological polar surface area (TPSA) is 78.1 Å². The first-order valence-corrected chi connectivity index (χ1v) is 8.03. The average molecular weight is 323 g/mol. The van der Waals surface area contributed by atoms with Crippen molar-refractivity contribution in [3.63, 3.8) is 0 Å². The lowest BCUT2D eigenvalue weighted by Gasteiger charge is -2.09. The van der Waals surface area contributed by atoms with E-state index in [1.807, 2.05) is 25.1 Å². The summed E-state index contributed by atoms with van der Waals surface area (Å²) in [6, 6.07) is 5.96. The van der Waals surface area contributed by atoms with Crippen LogP contribution in [0.5, 0.6) is 11.5 Å². The number of methoxy groups -OCH3 is 2. The maximum atomic E-state index is 5.81. The first-order chi connectivity index (χ1) is 11.2. The van der Waals surface area contributed by atoms with Crippen LogP contribution in [0.15, 0.2) is 23.2 Å². The molecule has 1 aromatic carbocycles. The van der Waals surface area contributed by atoms with Crippen LogP contribution < -0.4 is 20.5 Å². The molecular formula is C17H29N3O3. The quantitative estimate of drug-likeness (QED) is 0.370. The van der Waals surface area contributed by atoms with E-state index < -0.39 is 0 Å². The van der Waals surface area contributed by atoms with Crippen molar-refractivity contribution in [2.45, 2.75) is 26.2 Å². The molecule has 0 saturated carbocycles. The van der Waals surface area contributed by atoms with Gasteiger partial charge in [-0.05, 0) is 43.9 Å². The van der Waals surface area contributed by atoms with E-state index in [1.165, 1.54) is 5.56 Å². The van der Waals surface area contributed by atoms with Crippen molar-refractivity contribution in [1.29, 1.82) is 0 Å². The number of hydrogen-bond donors (Lipinski definition) is 2. The molecule has 0 heterocycles. The van der Waals surface area contributed by atoms with Crippen molar-refractivity contribution in [2.24, 2.45) is 10.7 Å². The summed E-state index contributed by atoms with van der Waals surface area (Å²) in [4.78, 5) is 4.32. The Labute approximate surface area is 139 Å². The van der Waals surface area contributed by atoms with Crippen molar-refractivity contribution in [1.82, 2.24) is 5.32 Å². The molecule has 0 spiro atoms. The van der Waals surface area contributed by atoms with Gasteiger partial charge in [0, 0.05) is 26.3 Å². The molecule has 130 valence electrons. The highest BCUT2D eigenvalue weighted by Crippen LogP contribution is 2.27. The molecule has 0 aliphatic rings. The summed E-state index contributed by atoms with van der Waals surface area (Å²) >= 11 is 0. The predicted molar refractivity (Wildman–Crippen MR) is 93.5 cm³/mol. The molecule has 0 saturated heterocycles. The Morgan fingerprint density at radius 1 is 1.17 bits per heavy atom. The van der Waals surface area contributed by atoms with Crippen LogP contribution in [0.2, 0.25) is 0 Å². The number of guanidine groups is 1. The van der Waals surface area contributed by atoms with Gasteiger partial charge in [-0.25, -0.2) is 0 Å². The zero-order valence-electron chi connectivity index (χ0n) is 14.4. The highest BCUT2D eigenvalue weighted by Gasteiger charge is 2.04. The molecule has 0 aliphatic carbocycles. The van der Waals surface area contributed by atoms with Gasteiger partial charge >= 0.3 is 0 Å². The second-order valence-electron chi connectivity index (χ2n) is 5.04. The number of ether oxygens (including phenoxy) is 3. The van der Waals surface area contributed by atoms with Gasteiger partial charge in [0.25, 0.3) is 0 Å². The minimum absolute atomic E-state index is 0.494. The van der Waals surface area contributed by atoms with Crippen molar-refractivity contribution >= 4 is 5.96 Å². The fourth-order valence-electron chi connectivity index (χ4n) is 2.11. The zero-order chi connectivity index (χ0) is 16.9. The summed E-state index contributed by atoms with van der Waals surface area (Å²) in [5.74, 6) is 1.99. The summed E-state index contributed by atoms with van der Waals surface area (Å²) in [6.07, 6.45) is 2.77. The summed E-state index contributed by atoms with van der Waals surface area (Å²) in [5.41, 5.74) is 7.01. The lowest BCUT2D eigenvalue weighted by molar-refractivity contribution is 0.145. The lowest BCUT2D eigenvalue weighted by atomic mass is 10.1. The van der Waals surface area contributed by atoms with E-state index >= 15 is 0 Å². The normalized spacial score (nSPS) is 11.3. The van der Waals surface area contributed by atoms with E-state index in [2.05, 4.69) is 10.3 Å². The average Bonchev–Trinajstić information content (AvgIpc) is 2.58. The fourth-order valence-corrected chi connectivity index (χ4v) is 2.11. The number of aryl methyl sites for hydroxylation is 1. The van der Waals surface area contributed by atoms with Gasteiger partial charge in [-0.2, -0.15) is 0 Å². The van der Waals surface area contributed by atoms with Gasteiger partial charge in [-0.15, -0.1) is 0 Å². The van der Waals surface area contributed by atoms with E-state index in [0.29, 0.717) is 12.5 Å².